The standard InChI is InChI=1S/C29H34N4O7S/c1-29(2,3)18-11-9-16(10-12-18)24(35)31-20(27(37)38)7-4-8-21(34)32-22-25(36)33-23(28(39)40)17(15-41-26(22)33)14-19-6-5-13-30-19/h5-6,9-13,20,22,26,30H,4,7-8,14-15H2,1-3H3,(H,31,35)(H,32,34)(H,37,38)(H,39,40)/t20?,22-,26+/m1/s1. The number of carboxylic acid groups (broad SMARTS) is 2. The van der Waals surface area contributed by atoms with Crippen LogP contribution in [-0.2, 0) is 31.0 Å². The topological polar surface area (TPSA) is 169 Å². The molecule has 3 atom stereocenters. The summed E-state index contributed by atoms with van der Waals surface area (Å²) in [7, 11) is 0. The molecule has 4 rings (SSSR count). The number of aliphatic carboxylic acids is 2. The highest BCUT2D eigenvalue weighted by molar-refractivity contribution is 8.00. The number of carbonyl (C=O) groups excluding carboxylic acids is 3. The van der Waals surface area contributed by atoms with Gasteiger partial charge < -0.3 is 25.8 Å². The summed E-state index contributed by atoms with van der Waals surface area (Å²) >= 11 is 1.39. The largest absolute Gasteiger partial charge is 0.480 e. The lowest BCUT2D eigenvalue weighted by atomic mass is 9.86. The Balaban J connectivity index is 1.28. The maximum atomic E-state index is 12.9. The van der Waals surface area contributed by atoms with Crippen LogP contribution in [0.15, 0.2) is 53.9 Å². The van der Waals surface area contributed by atoms with Crippen molar-refractivity contribution in [2.24, 2.45) is 0 Å². The second-order valence-corrected chi connectivity index (χ2v) is 12.3. The summed E-state index contributed by atoms with van der Waals surface area (Å²) in [4.78, 5) is 66.1. The molecule has 1 aromatic carbocycles. The van der Waals surface area contributed by atoms with E-state index in [1.54, 1.807) is 18.3 Å². The minimum Gasteiger partial charge on any atom is -0.480 e. The molecule has 218 valence electrons. The lowest BCUT2D eigenvalue weighted by Crippen LogP contribution is -2.70. The van der Waals surface area contributed by atoms with E-state index in [0.717, 1.165) is 11.3 Å². The van der Waals surface area contributed by atoms with Crippen molar-refractivity contribution in [1.29, 1.82) is 0 Å². The third kappa shape index (κ3) is 6.82. The summed E-state index contributed by atoms with van der Waals surface area (Å²) in [6.45, 7) is 6.15. The summed E-state index contributed by atoms with van der Waals surface area (Å²) in [6, 6.07) is 8.58. The fourth-order valence-electron chi connectivity index (χ4n) is 4.86. The van der Waals surface area contributed by atoms with Crippen LogP contribution >= 0.6 is 11.8 Å². The van der Waals surface area contributed by atoms with Crippen molar-refractivity contribution in [3.05, 3.63) is 70.7 Å². The normalized spacial score (nSPS) is 19.2. The SMILES string of the molecule is CC(C)(C)c1ccc(C(=O)NC(CCCC(=O)N[C@@H]2C(=O)N3C(C(=O)O)=C(Cc4ccc[nH]4)CS[C@@H]23)C(=O)O)cc1. The molecule has 2 aromatic rings. The first-order chi connectivity index (χ1) is 19.4. The van der Waals surface area contributed by atoms with Crippen molar-refractivity contribution in [2.45, 2.75) is 69.3 Å². The first-order valence-electron chi connectivity index (χ1n) is 13.3. The van der Waals surface area contributed by atoms with Crippen molar-refractivity contribution >= 4 is 41.4 Å². The van der Waals surface area contributed by atoms with E-state index in [4.69, 9.17) is 0 Å². The zero-order valence-electron chi connectivity index (χ0n) is 23.1. The van der Waals surface area contributed by atoms with Gasteiger partial charge in [-0.1, -0.05) is 32.9 Å². The Bertz CT molecular complexity index is 1360. The molecule has 0 aliphatic carbocycles. The van der Waals surface area contributed by atoms with Gasteiger partial charge in [-0.3, -0.25) is 19.3 Å². The van der Waals surface area contributed by atoms with Crippen LogP contribution in [0.4, 0.5) is 0 Å². The molecule has 0 saturated carbocycles. The third-order valence-corrected chi connectivity index (χ3v) is 8.49. The number of carbonyl (C=O) groups is 5. The van der Waals surface area contributed by atoms with Crippen molar-refractivity contribution < 1.29 is 34.2 Å². The van der Waals surface area contributed by atoms with Crippen LogP contribution in [0, 0.1) is 0 Å². The molecular formula is C29H34N4O7S. The molecule has 1 aromatic heterocycles. The number of hydrogen-bond acceptors (Lipinski definition) is 6. The lowest BCUT2D eigenvalue weighted by molar-refractivity contribution is -0.150. The maximum Gasteiger partial charge on any atom is 0.352 e. The molecule has 11 nitrogen and oxygen atoms in total. The van der Waals surface area contributed by atoms with E-state index in [9.17, 15) is 34.2 Å². The molecule has 5 N–H and O–H groups in total. The average Bonchev–Trinajstić information content (AvgIpc) is 3.43. The molecule has 1 unspecified atom stereocenters. The van der Waals surface area contributed by atoms with Crippen LogP contribution in [0.25, 0.3) is 0 Å². The summed E-state index contributed by atoms with van der Waals surface area (Å²) < 4.78 is 0. The molecule has 1 saturated heterocycles. The number of thioether (sulfide) groups is 1. The lowest BCUT2D eigenvalue weighted by Gasteiger charge is -2.49. The summed E-state index contributed by atoms with van der Waals surface area (Å²) in [5.74, 6) is -3.46. The van der Waals surface area contributed by atoms with Gasteiger partial charge in [0.25, 0.3) is 11.8 Å². The number of fused-ring (bicyclic) bond motifs is 1. The number of β-lactam (4-membered cyclic amide) rings is 1. The van der Waals surface area contributed by atoms with Gasteiger partial charge in [-0.25, -0.2) is 9.59 Å². The van der Waals surface area contributed by atoms with Crippen LogP contribution in [0.2, 0.25) is 0 Å². The minimum absolute atomic E-state index is 0.0193. The first kappa shape index (κ1) is 29.9. The fourth-order valence-corrected chi connectivity index (χ4v) is 6.21. The van der Waals surface area contributed by atoms with Crippen LogP contribution < -0.4 is 10.6 Å². The van der Waals surface area contributed by atoms with Crippen LogP contribution in [0.5, 0.6) is 0 Å². The number of rotatable bonds is 11. The molecule has 1 fully saturated rings. The Kier molecular flexibility index (Phi) is 8.91. The zero-order chi connectivity index (χ0) is 29.9. The number of H-pyrrole nitrogens is 1. The monoisotopic (exact) mass is 582 g/mol. The molecule has 3 heterocycles. The molecule has 0 bridgehead atoms. The van der Waals surface area contributed by atoms with E-state index >= 15 is 0 Å². The Morgan fingerprint density at radius 2 is 1.83 bits per heavy atom. The molecule has 12 heteroatoms. The van der Waals surface area contributed by atoms with Gasteiger partial charge in [-0.05, 0) is 53.7 Å². The number of aromatic amines is 1. The Hall–Kier alpha value is -4.06. The molecule has 2 aliphatic heterocycles. The van der Waals surface area contributed by atoms with Gasteiger partial charge in [0.1, 0.15) is 23.2 Å². The number of aromatic nitrogens is 1. The van der Waals surface area contributed by atoms with E-state index in [2.05, 4.69) is 36.4 Å². The van der Waals surface area contributed by atoms with E-state index < -0.39 is 47.1 Å². The van der Waals surface area contributed by atoms with Gasteiger partial charge >= 0.3 is 11.9 Å². The van der Waals surface area contributed by atoms with Crippen molar-refractivity contribution in [2.75, 3.05) is 5.75 Å². The Labute approximate surface area is 241 Å². The molecule has 0 radical (unpaired) electrons. The minimum atomic E-state index is -1.21. The highest BCUT2D eigenvalue weighted by atomic mass is 32.2. The molecule has 0 spiro atoms. The highest BCUT2D eigenvalue weighted by Gasteiger charge is 2.54. The zero-order valence-corrected chi connectivity index (χ0v) is 23.9. The average molecular weight is 583 g/mol. The Morgan fingerprint density at radius 3 is 2.41 bits per heavy atom. The molecule has 41 heavy (non-hydrogen) atoms. The number of benzene rings is 1. The number of amides is 3. The van der Waals surface area contributed by atoms with Gasteiger partial charge in [0.05, 0.1) is 0 Å². The number of hydrogen-bond donors (Lipinski definition) is 5. The van der Waals surface area contributed by atoms with E-state index in [-0.39, 0.29) is 30.4 Å². The number of nitrogens with zero attached hydrogens (tertiary/aromatic N) is 1. The second-order valence-electron chi connectivity index (χ2n) is 11.2. The van der Waals surface area contributed by atoms with Crippen molar-refractivity contribution in [1.82, 2.24) is 20.5 Å². The van der Waals surface area contributed by atoms with E-state index in [1.165, 1.54) is 16.7 Å². The van der Waals surface area contributed by atoms with E-state index in [1.807, 2.05) is 24.3 Å². The van der Waals surface area contributed by atoms with Gasteiger partial charge in [0.15, 0.2) is 0 Å². The van der Waals surface area contributed by atoms with Gasteiger partial charge in [0.2, 0.25) is 5.91 Å². The summed E-state index contributed by atoms with van der Waals surface area (Å²) in [5, 5.41) is 24.0. The molecule has 2 aliphatic rings. The summed E-state index contributed by atoms with van der Waals surface area (Å²) in [6.07, 6.45) is 2.24. The molecular weight excluding hydrogens is 548 g/mol. The number of nitrogens with one attached hydrogen (secondary N) is 3. The van der Waals surface area contributed by atoms with Crippen molar-refractivity contribution in [3.63, 3.8) is 0 Å². The van der Waals surface area contributed by atoms with Crippen LogP contribution in [0.3, 0.4) is 0 Å². The van der Waals surface area contributed by atoms with Gasteiger partial charge in [0, 0.05) is 36.0 Å². The van der Waals surface area contributed by atoms with Gasteiger partial charge in [-0.15, -0.1) is 11.8 Å². The fraction of sp³-hybridized carbons (Fsp3) is 0.414. The van der Waals surface area contributed by atoms with Gasteiger partial charge in [-0.2, -0.15) is 0 Å². The third-order valence-electron chi connectivity index (χ3n) is 7.15. The quantitative estimate of drug-likeness (QED) is 0.252. The predicted molar refractivity (Wildman–Crippen MR) is 152 cm³/mol. The predicted octanol–water partition coefficient (Wildman–Crippen LogP) is 2.65. The second kappa shape index (κ2) is 12.2. The smallest absolute Gasteiger partial charge is 0.352 e. The first-order valence-corrected chi connectivity index (χ1v) is 14.4. The van der Waals surface area contributed by atoms with E-state index in [0.29, 0.717) is 23.3 Å². The highest BCUT2D eigenvalue weighted by Crippen LogP contribution is 2.41. The number of carboxylic acids is 2. The maximum absolute atomic E-state index is 12.9. The summed E-state index contributed by atoms with van der Waals surface area (Å²) in [5.41, 5.74) is 2.70. The molecule has 3 amide bonds. The Morgan fingerprint density at radius 1 is 1.12 bits per heavy atom. The van der Waals surface area contributed by atoms with Crippen molar-refractivity contribution in [3.8, 4) is 0 Å². The van der Waals surface area contributed by atoms with Crippen LogP contribution in [-0.4, -0.2) is 73.0 Å². The van der Waals surface area contributed by atoms with Crippen LogP contribution in [0.1, 0.15) is 61.6 Å².